The van der Waals surface area contributed by atoms with Crippen LogP contribution in [0.1, 0.15) is 25.7 Å². The van der Waals surface area contributed by atoms with Crippen LogP contribution < -0.4 is 0 Å². The van der Waals surface area contributed by atoms with Crippen molar-refractivity contribution in [2.75, 3.05) is 0 Å². The third-order valence-corrected chi connectivity index (χ3v) is 1.78. The Morgan fingerprint density at radius 1 is 1.67 bits per heavy atom. The summed E-state index contributed by atoms with van der Waals surface area (Å²) in [6.45, 7) is 0. The van der Waals surface area contributed by atoms with Gasteiger partial charge in [-0.15, -0.1) is 12.3 Å². The fourth-order valence-corrected chi connectivity index (χ4v) is 1.01. The van der Waals surface area contributed by atoms with Crippen molar-refractivity contribution < 1.29 is 5.11 Å². The van der Waals surface area contributed by atoms with E-state index >= 15 is 0 Å². The highest BCUT2D eigenvalue weighted by Crippen LogP contribution is 2.34. The van der Waals surface area contributed by atoms with Crippen LogP contribution in [0.4, 0.5) is 0 Å². The maximum Gasteiger partial charge on any atom is 0.0573 e. The van der Waals surface area contributed by atoms with Gasteiger partial charge in [0, 0.05) is 6.42 Å². The molecule has 0 bridgehead atoms. The van der Waals surface area contributed by atoms with Gasteiger partial charge in [-0.2, -0.15) is 0 Å². The quantitative estimate of drug-likeness (QED) is 0.442. The predicted octanol–water partition coefficient (Wildman–Crippen LogP) is 1.17. The second-order valence-corrected chi connectivity index (χ2v) is 2.66. The number of hydrogen-bond donors (Lipinski definition) is 1. The summed E-state index contributed by atoms with van der Waals surface area (Å²) < 4.78 is 0. The zero-order valence-corrected chi connectivity index (χ0v) is 5.51. The first-order valence-electron chi connectivity index (χ1n) is 3.46. The molecule has 1 rings (SSSR count). The summed E-state index contributed by atoms with van der Waals surface area (Å²) in [5.74, 6) is 3.17. The summed E-state index contributed by atoms with van der Waals surface area (Å²) in [5.41, 5.74) is 0. The summed E-state index contributed by atoms with van der Waals surface area (Å²) in [7, 11) is 0. The number of rotatable bonds is 3. The highest BCUT2D eigenvalue weighted by Gasteiger charge is 2.33. The molecule has 0 heterocycles. The summed E-state index contributed by atoms with van der Waals surface area (Å²) in [5, 5.41) is 8.87. The molecule has 0 aliphatic heterocycles. The molecule has 0 aromatic heterocycles. The Balaban J connectivity index is 1.90. The molecule has 1 saturated carbocycles. The summed E-state index contributed by atoms with van der Waals surface area (Å²) >= 11 is 0. The van der Waals surface area contributed by atoms with Gasteiger partial charge in [-0.1, -0.05) is 0 Å². The molecule has 0 aromatic carbocycles. The van der Waals surface area contributed by atoms with Crippen LogP contribution >= 0.6 is 0 Å². The molecular formula is C8H12O. The highest BCUT2D eigenvalue weighted by atomic mass is 16.3. The van der Waals surface area contributed by atoms with E-state index in [1.807, 2.05) is 0 Å². The predicted molar refractivity (Wildman–Crippen MR) is 36.8 cm³/mol. The lowest BCUT2D eigenvalue weighted by molar-refractivity contribution is 0.256. The Morgan fingerprint density at radius 2 is 2.33 bits per heavy atom. The molecule has 50 valence electrons. The van der Waals surface area contributed by atoms with Crippen LogP contribution in [-0.2, 0) is 0 Å². The topological polar surface area (TPSA) is 20.2 Å². The molecule has 1 N–H and O–H groups in total. The van der Waals surface area contributed by atoms with E-state index in [2.05, 4.69) is 5.92 Å². The van der Waals surface area contributed by atoms with Gasteiger partial charge in [0.15, 0.2) is 0 Å². The Morgan fingerprint density at radius 3 is 2.78 bits per heavy atom. The van der Waals surface area contributed by atoms with E-state index in [1.165, 1.54) is 0 Å². The first-order valence-corrected chi connectivity index (χ1v) is 3.46. The van der Waals surface area contributed by atoms with E-state index < -0.39 is 0 Å². The Labute approximate surface area is 56.1 Å². The van der Waals surface area contributed by atoms with Crippen LogP contribution in [0.25, 0.3) is 0 Å². The number of aliphatic hydroxyl groups excluding tert-OH is 1. The van der Waals surface area contributed by atoms with E-state index in [0.717, 1.165) is 25.7 Å². The standard InChI is InChI=1S/C8H12O/c1-2-3-4-5-7-6-8(7)9/h1,7-9H,3-6H2. The third kappa shape index (κ3) is 2.07. The maximum atomic E-state index is 8.87. The molecule has 0 saturated heterocycles. The van der Waals surface area contributed by atoms with E-state index in [-0.39, 0.29) is 6.10 Å². The van der Waals surface area contributed by atoms with Crippen LogP contribution in [0.15, 0.2) is 0 Å². The molecule has 1 nitrogen and oxygen atoms in total. The van der Waals surface area contributed by atoms with Crippen molar-refractivity contribution in [3.05, 3.63) is 0 Å². The molecule has 2 unspecified atom stereocenters. The first-order chi connectivity index (χ1) is 4.34. The van der Waals surface area contributed by atoms with Crippen molar-refractivity contribution in [2.45, 2.75) is 31.8 Å². The lowest BCUT2D eigenvalue weighted by Gasteiger charge is -1.90. The molecule has 0 amide bonds. The largest absolute Gasteiger partial charge is 0.393 e. The Bertz CT molecular complexity index is 123. The summed E-state index contributed by atoms with van der Waals surface area (Å²) in [4.78, 5) is 0. The fraction of sp³-hybridized carbons (Fsp3) is 0.750. The van der Waals surface area contributed by atoms with Gasteiger partial charge in [0.25, 0.3) is 0 Å². The molecule has 9 heavy (non-hydrogen) atoms. The van der Waals surface area contributed by atoms with Crippen molar-refractivity contribution in [1.82, 2.24) is 0 Å². The zero-order chi connectivity index (χ0) is 6.69. The van der Waals surface area contributed by atoms with Gasteiger partial charge >= 0.3 is 0 Å². The smallest absolute Gasteiger partial charge is 0.0573 e. The number of aliphatic hydroxyl groups is 1. The van der Waals surface area contributed by atoms with Gasteiger partial charge in [-0.25, -0.2) is 0 Å². The second-order valence-electron chi connectivity index (χ2n) is 2.66. The maximum absolute atomic E-state index is 8.87. The highest BCUT2D eigenvalue weighted by molar-refractivity contribution is 4.88. The molecule has 0 radical (unpaired) electrons. The number of unbranched alkanes of at least 4 members (excludes halogenated alkanes) is 1. The molecule has 2 atom stereocenters. The average Bonchev–Trinajstić information content (AvgIpc) is 2.48. The van der Waals surface area contributed by atoms with Crippen LogP contribution in [0, 0.1) is 18.3 Å². The van der Waals surface area contributed by atoms with E-state index in [0.29, 0.717) is 5.92 Å². The molecule has 0 spiro atoms. The van der Waals surface area contributed by atoms with Crippen molar-refractivity contribution in [3.8, 4) is 12.3 Å². The van der Waals surface area contributed by atoms with Gasteiger partial charge < -0.3 is 5.11 Å². The second kappa shape index (κ2) is 2.89. The Hall–Kier alpha value is -0.480. The monoisotopic (exact) mass is 124 g/mol. The van der Waals surface area contributed by atoms with Gasteiger partial charge in [-0.05, 0) is 25.2 Å². The minimum Gasteiger partial charge on any atom is -0.393 e. The van der Waals surface area contributed by atoms with Crippen molar-refractivity contribution in [2.24, 2.45) is 5.92 Å². The molecule has 1 fully saturated rings. The fourth-order valence-electron chi connectivity index (χ4n) is 1.01. The number of terminal acetylenes is 1. The minimum atomic E-state index is 0.00257. The van der Waals surface area contributed by atoms with Crippen molar-refractivity contribution in [1.29, 1.82) is 0 Å². The van der Waals surface area contributed by atoms with E-state index in [9.17, 15) is 0 Å². The van der Waals surface area contributed by atoms with Crippen molar-refractivity contribution in [3.63, 3.8) is 0 Å². The molecular weight excluding hydrogens is 112 g/mol. The SMILES string of the molecule is C#CCCCC1CC1O. The lowest BCUT2D eigenvalue weighted by atomic mass is 10.2. The normalized spacial score (nSPS) is 31.6. The Kier molecular flexibility index (Phi) is 2.13. The van der Waals surface area contributed by atoms with E-state index in [1.54, 1.807) is 0 Å². The van der Waals surface area contributed by atoms with E-state index in [4.69, 9.17) is 11.5 Å². The molecule has 1 aliphatic rings. The van der Waals surface area contributed by atoms with Crippen molar-refractivity contribution >= 4 is 0 Å². The third-order valence-electron chi connectivity index (χ3n) is 1.78. The van der Waals surface area contributed by atoms with Crippen LogP contribution in [0.2, 0.25) is 0 Å². The van der Waals surface area contributed by atoms with Crippen LogP contribution in [0.3, 0.4) is 0 Å². The summed E-state index contributed by atoms with van der Waals surface area (Å²) in [6.07, 6.45) is 9.13. The number of hydrogen-bond acceptors (Lipinski definition) is 1. The minimum absolute atomic E-state index is 0.00257. The summed E-state index contributed by atoms with van der Waals surface area (Å²) in [6, 6.07) is 0. The lowest BCUT2D eigenvalue weighted by Crippen LogP contribution is -1.84. The van der Waals surface area contributed by atoms with Gasteiger partial charge in [0.05, 0.1) is 6.10 Å². The zero-order valence-electron chi connectivity index (χ0n) is 5.51. The molecule has 0 aromatic rings. The molecule has 1 aliphatic carbocycles. The van der Waals surface area contributed by atoms with Gasteiger partial charge in [0.1, 0.15) is 0 Å². The average molecular weight is 124 g/mol. The first kappa shape index (κ1) is 6.64. The van der Waals surface area contributed by atoms with Crippen LogP contribution in [-0.4, -0.2) is 11.2 Å². The molecule has 1 heteroatoms. The van der Waals surface area contributed by atoms with Gasteiger partial charge in [-0.3, -0.25) is 0 Å². The van der Waals surface area contributed by atoms with Crippen LogP contribution in [0.5, 0.6) is 0 Å². The van der Waals surface area contributed by atoms with Gasteiger partial charge in [0.2, 0.25) is 0 Å².